The van der Waals surface area contributed by atoms with Crippen molar-refractivity contribution >= 4 is 11.8 Å². The van der Waals surface area contributed by atoms with E-state index in [2.05, 4.69) is 61.4 Å². The molecule has 6 nitrogen and oxygen atoms in total. The molecule has 1 aromatic heterocycles. The molecule has 2 heterocycles. The zero-order valence-electron chi connectivity index (χ0n) is 21.4. The molecule has 0 bridgehead atoms. The van der Waals surface area contributed by atoms with E-state index in [-0.39, 0.29) is 24.5 Å². The molecule has 2 aromatic carbocycles. The topological polar surface area (TPSA) is 71.5 Å². The molecule has 0 saturated heterocycles. The second kappa shape index (κ2) is 11.8. The Kier molecular flexibility index (Phi) is 8.36. The molecule has 3 aromatic rings. The van der Waals surface area contributed by atoms with Gasteiger partial charge in [0.1, 0.15) is 5.75 Å². The Balaban J connectivity index is 1.47. The first-order chi connectivity index (χ1) is 17.4. The maximum absolute atomic E-state index is 13.2. The van der Waals surface area contributed by atoms with Gasteiger partial charge in [-0.25, -0.2) is 0 Å². The number of aryl methyl sites for hydroxylation is 1. The van der Waals surface area contributed by atoms with Gasteiger partial charge in [-0.2, -0.15) is 0 Å². The minimum atomic E-state index is -0.174. The Morgan fingerprint density at radius 1 is 1.11 bits per heavy atom. The zero-order chi connectivity index (χ0) is 25.5. The second-order valence-corrected chi connectivity index (χ2v) is 9.82. The van der Waals surface area contributed by atoms with Crippen LogP contribution in [0.2, 0.25) is 0 Å². The van der Waals surface area contributed by atoms with Crippen molar-refractivity contribution in [3.05, 3.63) is 94.8 Å². The highest BCUT2D eigenvalue weighted by Crippen LogP contribution is 2.38. The molecule has 0 aliphatic carbocycles. The van der Waals surface area contributed by atoms with E-state index in [1.807, 2.05) is 35.2 Å². The summed E-state index contributed by atoms with van der Waals surface area (Å²) in [5.41, 5.74) is 5.48. The van der Waals surface area contributed by atoms with Crippen molar-refractivity contribution in [3.63, 3.8) is 0 Å². The van der Waals surface area contributed by atoms with E-state index in [0.717, 1.165) is 23.2 Å². The molecule has 4 rings (SSSR count). The van der Waals surface area contributed by atoms with Crippen LogP contribution >= 0.6 is 0 Å². The molecule has 6 heteroatoms. The average molecular weight is 486 g/mol. The number of carbonyl (C=O) groups excluding carboxylic acids is 2. The lowest BCUT2D eigenvalue weighted by Crippen LogP contribution is -2.41. The van der Waals surface area contributed by atoms with Crippen molar-refractivity contribution in [3.8, 4) is 5.75 Å². The quantitative estimate of drug-likeness (QED) is 0.479. The van der Waals surface area contributed by atoms with Gasteiger partial charge >= 0.3 is 0 Å². The fraction of sp³-hybridized carbons (Fsp3) is 0.367. The largest absolute Gasteiger partial charge is 0.484 e. The Labute approximate surface area is 213 Å². The van der Waals surface area contributed by atoms with Gasteiger partial charge in [-0.3, -0.25) is 14.6 Å². The SMILES string of the molecule is Cc1ccc([C@H]2c3cc(OCC(=O)NCCc4ccccn4)ccc3CCN2C(=O)CC(C)C)cc1. The summed E-state index contributed by atoms with van der Waals surface area (Å²) < 4.78 is 5.87. The van der Waals surface area contributed by atoms with Crippen LogP contribution in [0.3, 0.4) is 0 Å². The Bertz CT molecular complexity index is 1180. The number of carbonyl (C=O) groups is 2. The number of ether oxygens (including phenoxy) is 1. The van der Waals surface area contributed by atoms with Gasteiger partial charge < -0.3 is 15.0 Å². The van der Waals surface area contributed by atoms with Crippen LogP contribution in [0, 0.1) is 12.8 Å². The van der Waals surface area contributed by atoms with Crippen molar-refractivity contribution in [1.82, 2.24) is 15.2 Å². The number of hydrogen-bond acceptors (Lipinski definition) is 4. The highest BCUT2D eigenvalue weighted by atomic mass is 16.5. The lowest BCUT2D eigenvalue weighted by molar-refractivity contribution is -0.134. The van der Waals surface area contributed by atoms with E-state index in [0.29, 0.717) is 37.6 Å². The van der Waals surface area contributed by atoms with E-state index in [1.54, 1.807) is 6.20 Å². The average Bonchev–Trinajstić information content (AvgIpc) is 2.87. The Morgan fingerprint density at radius 3 is 2.64 bits per heavy atom. The summed E-state index contributed by atoms with van der Waals surface area (Å²) in [5, 5.41) is 2.89. The molecule has 1 aliphatic heterocycles. The summed E-state index contributed by atoms with van der Waals surface area (Å²) in [6.45, 7) is 7.34. The van der Waals surface area contributed by atoms with Crippen LogP contribution in [0.5, 0.6) is 5.75 Å². The van der Waals surface area contributed by atoms with Crippen molar-refractivity contribution < 1.29 is 14.3 Å². The fourth-order valence-electron chi connectivity index (χ4n) is 4.60. The number of nitrogens with zero attached hydrogens (tertiary/aromatic N) is 2. The third-order valence-electron chi connectivity index (χ3n) is 6.44. The molecule has 0 spiro atoms. The van der Waals surface area contributed by atoms with Crippen LogP contribution in [0.1, 0.15) is 54.3 Å². The van der Waals surface area contributed by atoms with E-state index in [1.165, 1.54) is 11.1 Å². The first-order valence-electron chi connectivity index (χ1n) is 12.7. The molecule has 0 unspecified atom stereocenters. The zero-order valence-corrected chi connectivity index (χ0v) is 21.4. The molecule has 1 N–H and O–H groups in total. The third kappa shape index (κ3) is 6.51. The van der Waals surface area contributed by atoms with Gasteiger partial charge in [0.05, 0.1) is 6.04 Å². The number of amides is 2. The molecule has 1 aliphatic rings. The van der Waals surface area contributed by atoms with E-state index in [9.17, 15) is 9.59 Å². The van der Waals surface area contributed by atoms with Gasteiger partial charge in [-0.05, 0) is 60.2 Å². The highest BCUT2D eigenvalue weighted by Gasteiger charge is 2.32. The summed E-state index contributed by atoms with van der Waals surface area (Å²) in [6, 6.07) is 19.9. The third-order valence-corrected chi connectivity index (χ3v) is 6.44. The van der Waals surface area contributed by atoms with Crippen LogP contribution < -0.4 is 10.1 Å². The van der Waals surface area contributed by atoms with Crippen molar-refractivity contribution in [2.24, 2.45) is 5.92 Å². The van der Waals surface area contributed by atoms with Crippen LogP contribution in [-0.2, 0) is 22.4 Å². The molecule has 1 atom stereocenters. The standard InChI is InChI=1S/C30H35N3O3/c1-21(2)18-29(35)33-17-14-23-11-12-26(19-27(23)30(33)24-9-7-22(3)8-10-24)36-20-28(34)32-16-13-25-6-4-5-15-31-25/h4-12,15,19,21,30H,13-14,16-18,20H2,1-3H3,(H,32,34)/t30-/m0/s1. The minimum absolute atomic E-state index is 0.0633. The normalized spacial score (nSPS) is 14.9. The van der Waals surface area contributed by atoms with Gasteiger partial charge in [-0.1, -0.05) is 55.8 Å². The number of aromatic nitrogens is 1. The van der Waals surface area contributed by atoms with Crippen LogP contribution in [0.15, 0.2) is 66.9 Å². The Hall–Kier alpha value is -3.67. The van der Waals surface area contributed by atoms with Gasteiger partial charge in [0, 0.05) is 37.8 Å². The van der Waals surface area contributed by atoms with E-state index >= 15 is 0 Å². The van der Waals surface area contributed by atoms with Crippen LogP contribution in [-0.4, -0.2) is 41.4 Å². The number of fused-ring (bicyclic) bond motifs is 1. The monoisotopic (exact) mass is 485 g/mol. The Morgan fingerprint density at radius 2 is 1.92 bits per heavy atom. The van der Waals surface area contributed by atoms with Crippen molar-refractivity contribution in [1.29, 1.82) is 0 Å². The number of hydrogen-bond donors (Lipinski definition) is 1. The number of rotatable bonds is 9. The minimum Gasteiger partial charge on any atom is -0.484 e. The smallest absolute Gasteiger partial charge is 0.257 e. The molecule has 0 fully saturated rings. The highest BCUT2D eigenvalue weighted by molar-refractivity contribution is 5.78. The predicted octanol–water partition coefficient (Wildman–Crippen LogP) is 4.65. The maximum Gasteiger partial charge on any atom is 0.257 e. The summed E-state index contributed by atoms with van der Waals surface area (Å²) >= 11 is 0. The summed E-state index contributed by atoms with van der Waals surface area (Å²) in [5.74, 6) is 0.916. The molecular formula is C30H35N3O3. The molecule has 2 amide bonds. The summed E-state index contributed by atoms with van der Waals surface area (Å²) in [4.78, 5) is 31.8. The van der Waals surface area contributed by atoms with Gasteiger partial charge in [0.15, 0.2) is 6.61 Å². The number of nitrogens with one attached hydrogen (secondary N) is 1. The van der Waals surface area contributed by atoms with Crippen molar-refractivity contribution in [2.45, 2.75) is 46.1 Å². The van der Waals surface area contributed by atoms with E-state index < -0.39 is 0 Å². The van der Waals surface area contributed by atoms with E-state index in [4.69, 9.17) is 4.74 Å². The van der Waals surface area contributed by atoms with Crippen LogP contribution in [0.4, 0.5) is 0 Å². The van der Waals surface area contributed by atoms with Gasteiger partial charge in [0.25, 0.3) is 5.91 Å². The molecule has 188 valence electrons. The summed E-state index contributed by atoms with van der Waals surface area (Å²) in [6.07, 6.45) is 3.74. The van der Waals surface area contributed by atoms with Gasteiger partial charge in [0.2, 0.25) is 5.91 Å². The number of benzene rings is 2. The fourth-order valence-corrected chi connectivity index (χ4v) is 4.60. The van der Waals surface area contributed by atoms with Crippen LogP contribution in [0.25, 0.3) is 0 Å². The maximum atomic E-state index is 13.2. The number of pyridine rings is 1. The first kappa shape index (κ1) is 25.4. The first-order valence-corrected chi connectivity index (χ1v) is 12.7. The molecule has 0 radical (unpaired) electrons. The second-order valence-electron chi connectivity index (χ2n) is 9.82. The lowest BCUT2D eigenvalue weighted by atomic mass is 9.87. The molecule has 0 saturated carbocycles. The van der Waals surface area contributed by atoms with Gasteiger partial charge in [-0.15, -0.1) is 0 Å². The lowest BCUT2D eigenvalue weighted by Gasteiger charge is -2.38. The van der Waals surface area contributed by atoms with Crippen molar-refractivity contribution in [2.75, 3.05) is 19.7 Å². The predicted molar refractivity (Wildman–Crippen MR) is 141 cm³/mol. The molecular weight excluding hydrogens is 450 g/mol. The molecule has 36 heavy (non-hydrogen) atoms. The summed E-state index contributed by atoms with van der Waals surface area (Å²) in [7, 11) is 0.